The molecule has 0 aliphatic heterocycles. The fourth-order valence-electron chi connectivity index (χ4n) is 3.82. The van der Waals surface area contributed by atoms with Gasteiger partial charge < -0.3 is 16.0 Å². The van der Waals surface area contributed by atoms with Crippen molar-refractivity contribution in [2.24, 2.45) is 0 Å². The normalized spacial score (nSPS) is 13.7. The molecular formula is C27H26ClFN4O. The highest BCUT2D eigenvalue weighted by molar-refractivity contribution is 6.31. The maximum Gasteiger partial charge on any atom is 0.319 e. The number of nitriles is 1. The molecular weight excluding hydrogens is 451 g/mol. The lowest BCUT2D eigenvalue weighted by atomic mass is 9.93. The molecule has 0 bridgehead atoms. The summed E-state index contributed by atoms with van der Waals surface area (Å²) in [6, 6.07) is 22.3. The number of carbonyl (C=O) groups is 1. The monoisotopic (exact) mass is 476 g/mol. The molecule has 1 saturated carbocycles. The number of hydrogen-bond acceptors (Lipinski definition) is 3. The summed E-state index contributed by atoms with van der Waals surface area (Å²) in [5.74, 6) is -0.410. The smallest absolute Gasteiger partial charge is 0.319 e. The Morgan fingerprint density at radius 2 is 1.88 bits per heavy atom. The summed E-state index contributed by atoms with van der Waals surface area (Å²) < 4.78 is 13.4. The molecule has 0 radical (unpaired) electrons. The Morgan fingerprint density at radius 3 is 2.59 bits per heavy atom. The molecule has 0 saturated heterocycles. The standard InChI is InChI=1S/C27H26ClFN4O/c28-25-15-24(10-11-26(25)29)33-27(34)32-17-22(12-13-31-23-8-9-23)20-6-4-19(5-7-20)21-3-1-2-18(14-21)16-30/h1-7,10-11,14-15,22-23,31H,8-9,12-13,17H2,(H2,32,33,34). The van der Waals surface area contributed by atoms with Gasteiger partial charge in [-0.3, -0.25) is 0 Å². The van der Waals surface area contributed by atoms with Crippen LogP contribution in [0.5, 0.6) is 0 Å². The van der Waals surface area contributed by atoms with Crippen LogP contribution in [0.15, 0.2) is 66.7 Å². The number of urea groups is 1. The molecule has 174 valence electrons. The summed E-state index contributed by atoms with van der Waals surface area (Å²) in [6.07, 6.45) is 3.33. The van der Waals surface area contributed by atoms with Crippen molar-refractivity contribution in [2.45, 2.75) is 31.2 Å². The van der Waals surface area contributed by atoms with Crippen molar-refractivity contribution < 1.29 is 9.18 Å². The van der Waals surface area contributed by atoms with Gasteiger partial charge in [0, 0.05) is 24.2 Å². The van der Waals surface area contributed by atoms with Crippen LogP contribution in [-0.2, 0) is 0 Å². The van der Waals surface area contributed by atoms with Crippen molar-refractivity contribution in [1.82, 2.24) is 10.6 Å². The Morgan fingerprint density at radius 1 is 1.09 bits per heavy atom. The first-order valence-electron chi connectivity index (χ1n) is 11.4. The molecule has 0 heterocycles. The molecule has 2 amide bonds. The second-order valence-electron chi connectivity index (χ2n) is 8.49. The van der Waals surface area contributed by atoms with E-state index in [-0.39, 0.29) is 17.0 Å². The van der Waals surface area contributed by atoms with Gasteiger partial charge in [-0.25, -0.2) is 9.18 Å². The lowest BCUT2D eigenvalue weighted by Gasteiger charge is -2.19. The van der Waals surface area contributed by atoms with Gasteiger partial charge in [-0.15, -0.1) is 0 Å². The average Bonchev–Trinajstić information content (AvgIpc) is 3.68. The van der Waals surface area contributed by atoms with Crippen LogP contribution in [0.2, 0.25) is 5.02 Å². The van der Waals surface area contributed by atoms with Crippen LogP contribution in [0.1, 0.15) is 36.3 Å². The minimum Gasteiger partial charge on any atom is -0.337 e. The van der Waals surface area contributed by atoms with Crippen LogP contribution in [0.4, 0.5) is 14.9 Å². The Bertz CT molecular complexity index is 1190. The Labute approximate surface area is 203 Å². The van der Waals surface area contributed by atoms with Crippen molar-refractivity contribution in [3.63, 3.8) is 0 Å². The van der Waals surface area contributed by atoms with Gasteiger partial charge in [0.2, 0.25) is 0 Å². The molecule has 1 aliphatic rings. The van der Waals surface area contributed by atoms with Gasteiger partial charge >= 0.3 is 6.03 Å². The van der Waals surface area contributed by atoms with Gasteiger partial charge in [0.25, 0.3) is 0 Å². The third-order valence-electron chi connectivity index (χ3n) is 5.90. The number of nitrogens with zero attached hydrogens (tertiary/aromatic N) is 1. The van der Waals surface area contributed by atoms with Gasteiger partial charge in [0.1, 0.15) is 5.82 Å². The predicted molar refractivity (Wildman–Crippen MR) is 133 cm³/mol. The SMILES string of the molecule is N#Cc1cccc(-c2ccc(C(CCNC3CC3)CNC(=O)Nc3ccc(F)c(Cl)c3)cc2)c1. The molecule has 1 aliphatic carbocycles. The summed E-state index contributed by atoms with van der Waals surface area (Å²) in [4.78, 5) is 12.4. The zero-order valence-electron chi connectivity index (χ0n) is 18.7. The maximum atomic E-state index is 13.4. The van der Waals surface area contributed by atoms with Gasteiger partial charge in [0.15, 0.2) is 0 Å². The lowest BCUT2D eigenvalue weighted by Crippen LogP contribution is -2.33. The number of nitrogens with one attached hydrogen (secondary N) is 3. The van der Waals surface area contributed by atoms with Crippen LogP contribution >= 0.6 is 11.6 Å². The van der Waals surface area contributed by atoms with Gasteiger partial charge in [-0.1, -0.05) is 48.0 Å². The topological polar surface area (TPSA) is 77.0 Å². The molecule has 1 atom stereocenters. The van der Waals surface area contributed by atoms with Crippen LogP contribution in [0.3, 0.4) is 0 Å². The third kappa shape index (κ3) is 6.57. The second kappa shape index (κ2) is 11.1. The number of benzene rings is 3. The van der Waals surface area contributed by atoms with E-state index >= 15 is 0 Å². The van der Waals surface area contributed by atoms with E-state index in [1.807, 2.05) is 30.3 Å². The predicted octanol–water partition coefficient (Wildman–Crippen LogP) is 6.07. The third-order valence-corrected chi connectivity index (χ3v) is 6.19. The number of halogens is 2. The average molecular weight is 477 g/mol. The summed E-state index contributed by atoms with van der Waals surface area (Å²) in [6.45, 7) is 1.33. The van der Waals surface area contributed by atoms with E-state index in [1.54, 1.807) is 6.07 Å². The molecule has 3 N–H and O–H groups in total. The van der Waals surface area contributed by atoms with Gasteiger partial charge in [-0.2, -0.15) is 5.26 Å². The Kier molecular flexibility index (Phi) is 7.79. The number of carbonyl (C=O) groups excluding carboxylic acids is 1. The van der Waals surface area contributed by atoms with Gasteiger partial charge in [-0.05, 0) is 72.8 Å². The van der Waals surface area contributed by atoms with Crippen LogP contribution in [0, 0.1) is 17.1 Å². The van der Waals surface area contributed by atoms with E-state index in [4.69, 9.17) is 16.9 Å². The van der Waals surface area contributed by atoms with Crippen molar-refractivity contribution in [3.8, 4) is 17.2 Å². The molecule has 5 nitrogen and oxygen atoms in total. The molecule has 34 heavy (non-hydrogen) atoms. The summed E-state index contributed by atoms with van der Waals surface area (Å²) in [5, 5.41) is 18.3. The van der Waals surface area contributed by atoms with E-state index in [0.29, 0.717) is 23.8 Å². The Balaban J connectivity index is 1.41. The lowest BCUT2D eigenvalue weighted by molar-refractivity contribution is 0.251. The molecule has 1 fully saturated rings. The van der Waals surface area contributed by atoms with Crippen molar-refractivity contribution >= 4 is 23.3 Å². The molecule has 3 aromatic carbocycles. The largest absolute Gasteiger partial charge is 0.337 e. The number of rotatable bonds is 9. The van der Waals surface area contributed by atoms with E-state index in [0.717, 1.165) is 29.7 Å². The zero-order valence-corrected chi connectivity index (χ0v) is 19.4. The van der Waals surface area contributed by atoms with Crippen LogP contribution in [-0.4, -0.2) is 25.2 Å². The second-order valence-corrected chi connectivity index (χ2v) is 8.90. The quantitative estimate of drug-likeness (QED) is 0.351. The van der Waals surface area contributed by atoms with Crippen LogP contribution < -0.4 is 16.0 Å². The molecule has 0 spiro atoms. The minimum absolute atomic E-state index is 0.0396. The number of amides is 2. The van der Waals surface area contributed by atoms with E-state index in [2.05, 4.69) is 34.2 Å². The molecule has 3 aromatic rings. The fourth-order valence-corrected chi connectivity index (χ4v) is 4.00. The summed E-state index contributed by atoms with van der Waals surface area (Å²) >= 11 is 5.80. The number of hydrogen-bond donors (Lipinski definition) is 3. The zero-order chi connectivity index (χ0) is 23.9. The van der Waals surface area contributed by atoms with Gasteiger partial charge in [0.05, 0.1) is 16.7 Å². The molecule has 1 unspecified atom stereocenters. The summed E-state index contributed by atoms with van der Waals surface area (Å²) in [5.41, 5.74) is 4.22. The minimum atomic E-state index is -0.529. The van der Waals surface area contributed by atoms with Crippen molar-refractivity contribution in [3.05, 3.63) is 88.7 Å². The van der Waals surface area contributed by atoms with E-state index in [1.165, 1.54) is 31.0 Å². The molecule has 0 aromatic heterocycles. The highest BCUT2D eigenvalue weighted by atomic mass is 35.5. The van der Waals surface area contributed by atoms with E-state index in [9.17, 15) is 9.18 Å². The van der Waals surface area contributed by atoms with Crippen molar-refractivity contribution in [2.75, 3.05) is 18.4 Å². The highest BCUT2D eigenvalue weighted by Gasteiger charge is 2.21. The molecule has 4 rings (SSSR count). The summed E-state index contributed by atoms with van der Waals surface area (Å²) in [7, 11) is 0. The Hall–Kier alpha value is -3.40. The van der Waals surface area contributed by atoms with Crippen molar-refractivity contribution in [1.29, 1.82) is 5.26 Å². The first kappa shape index (κ1) is 23.7. The number of anilines is 1. The highest BCUT2D eigenvalue weighted by Crippen LogP contribution is 2.26. The first-order valence-corrected chi connectivity index (χ1v) is 11.7. The first-order chi connectivity index (χ1) is 16.5. The van der Waals surface area contributed by atoms with E-state index < -0.39 is 5.82 Å². The maximum absolute atomic E-state index is 13.4. The molecule has 7 heteroatoms. The van der Waals surface area contributed by atoms with Crippen LogP contribution in [0.25, 0.3) is 11.1 Å². The fraction of sp³-hybridized carbons (Fsp3) is 0.259.